The first-order chi connectivity index (χ1) is 8.80. The normalized spacial score (nSPS) is 19.7. The Morgan fingerprint density at radius 3 is 2.68 bits per heavy atom. The van der Waals surface area contributed by atoms with Gasteiger partial charge in [0, 0.05) is 20.0 Å². The summed E-state index contributed by atoms with van der Waals surface area (Å²) in [7, 11) is 1.82. The average molecular weight is 285 g/mol. The van der Waals surface area contributed by atoms with Crippen LogP contribution < -0.4 is 5.73 Å². The van der Waals surface area contributed by atoms with Crippen LogP contribution in [0.2, 0.25) is 0 Å². The number of hydrogen-bond donors (Lipinski definition) is 1. The van der Waals surface area contributed by atoms with Crippen molar-refractivity contribution in [2.24, 2.45) is 11.1 Å². The molecule has 2 N–H and O–H groups in total. The van der Waals surface area contributed by atoms with Gasteiger partial charge in [0.1, 0.15) is 0 Å². The van der Waals surface area contributed by atoms with Crippen molar-refractivity contribution in [3.63, 3.8) is 0 Å². The van der Waals surface area contributed by atoms with Crippen LogP contribution in [0.1, 0.15) is 39.5 Å². The van der Waals surface area contributed by atoms with Gasteiger partial charge >= 0.3 is 0 Å². The summed E-state index contributed by atoms with van der Waals surface area (Å²) < 4.78 is 0. The summed E-state index contributed by atoms with van der Waals surface area (Å²) in [6.45, 7) is 7.80. The van der Waals surface area contributed by atoms with Crippen molar-refractivity contribution >= 4 is 23.1 Å². The van der Waals surface area contributed by atoms with Gasteiger partial charge in [0.25, 0.3) is 0 Å². The van der Waals surface area contributed by atoms with Crippen molar-refractivity contribution in [2.75, 3.05) is 33.2 Å². The first-order valence-electron chi connectivity index (χ1n) is 7.05. The summed E-state index contributed by atoms with van der Waals surface area (Å²) in [4.78, 5) is 16.6. The summed E-state index contributed by atoms with van der Waals surface area (Å²) in [5.41, 5.74) is 5.87. The number of rotatable bonds is 5. The molecule has 5 heteroatoms. The monoisotopic (exact) mass is 285 g/mol. The Morgan fingerprint density at radius 2 is 2.05 bits per heavy atom. The van der Waals surface area contributed by atoms with Crippen LogP contribution in [0.25, 0.3) is 0 Å². The van der Waals surface area contributed by atoms with E-state index in [0.717, 1.165) is 19.5 Å². The van der Waals surface area contributed by atoms with Gasteiger partial charge in [-0.25, -0.2) is 0 Å². The minimum Gasteiger partial charge on any atom is -0.393 e. The van der Waals surface area contributed by atoms with Crippen LogP contribution in [-0.4, -0.2) is 53.9 Å². The van der Waals surface area contributed by atoms with E-state index in [1.54, 1.807) is 4.90 Å². The maximum Gasteiger partial charge on any atom is 0.236 e. The number of likely N-dealkylation sites (tertiary alicyclic amines) is 1. The third-order valence-corrected chi connectivity index (χ3v) is 4.12. The molecule has 0 radical (unpaired) electrons. The molecule has 0 aromatic carbocycles. The van der Waals surface area contributed by atoms with Crippen LogP contribution in [0.5, 0.6) is 0 Å². The van der Waals surface area contributed by atoms with Gasteiger partial charge in [0.2, 0.25) is 5.91 Å². The summed E-state index contributed by atoms with van der Waals surface area (Å²) in [6, 6.07) is 0. The molecule has 0 spiro atoms. The molecular formula is C14H27N3OS. The second-order valence-electron chi connectivity index (χ2n) is 6.33. The molecule has 4 nitrogen and oxygen atoms in total. The fourth-order valence-corrected chi connectivity index (χ4v) is 2.44. The molecule has 1 heterocycles. The average Bonchev–Trinajstić information content (AvgIpc) is 2.47. The Bertz CT molecular complexity index is 331. The fourth-order valence-electron chi connectivity index (χ4n) is 2.35. The van der Waals surface area contributed by atoms with Crippen LogP contribution in [0, 0.1) is 5.41 Å². The predicted octanol–water partition coefficient (Wildman–Crippen LogP) is 1.63. The minimum absolute atomic E-state index is 0.163. The molecule has 19 heavy (non-hydrogen) atoms. The lowest BCUT2D eigenvalue weighted by molar-refractivity contribution is -0.131. The van der Waals surface area contributed by atoms with E-state index >= 15 is 0 Å². The Hall–Kier alpha value is -0.680. The summed E-state index contributed by atoms with van der Waals surface area (Å²) in [6.07, 6.45) is 4.19. The highest BCUT2D eigenvalue weighted by Gasteiger charge is 2.24. The highest BCUT2D eigenvalue weighted by Crippen LogP contribution is 2.29. The van der Waals surface area contributed by atoms with Gasteiger partial charge in [0.15, 0.2) is 0 Å². The molecule has 1 aliphatic heterocycles. The molecule has 0 bridgehead atoms. The van der Waals surface area contributed by atoms with E-state index in [1.165, 1.54) is 12.8 Å². The number of carbonyl (C=O) groups is 1. The molecule has 1 saturated heterocycles. The summed E-state index contributed by atoms with van der Waals surface area (Å²) in [5, 5.41) is 0. The second kappa shape index (κ2) is 7.20. The highest BCUT2D eigenvalue weighted by atomic mass is 32.1. The third kappa shape index (κ3) is 6.34. The topological polar surface area (TPSA) is 49.6 Å². The number of thiocarbonyl (C=S) groups is 1. The van der Waals surface area contributed by atoms with E-state index in [-0.39, 0.29) is 5.91 Å². The molecule has 1 rings (SSSR count). The van der Waals surface area contributed by atoms with Crippen molar-refractivity contribution in [1.82, 2.24) is 9.80 Å². The van der Waals surface area contributed by atoms with E-state index in [9.17, 15) is 4.79 Å². The zero-order chi connectivity index (χ0) is 14.5. The standard InChI is InChI=1S/C14H27N3OS/c1-14(2)6-4-8-17(10-7-14)11-13(18)16(3)9-5-12(15)19/h4-11H2,1-3H3,(H2,15,19). The minimum atomic E-state index is 0.163. The van der Waals surface area contributed by atoms with Crippen LogP contribution in [0.4, 0.5) is 0 Å². The molecule has 110 valence electrons. The van der Waals surface area contributed by atoms with Crippen molar-refractivity contribution in [3.05, 3.63) is 0 Å². The SMILES string of the molecule is CN(CCC(N)=S)C(=O)CN1CCCC(C)(C)CC1. The molecule has 0 unspecified atom stereocenters. The van der Waals surface area contributed by atoms with Crippen LogP contribution >= 0.6 is 12.2 Å². The van der Waals surface area contributed by atoms with Crippen molar-refractivity contribution in [1.29, 1.82) is 0 Å². The Kier molecular flexibility index (Phi) is 6.20. The molecule has 1 fully saturated rings. The molecule has 0 aromatic rings. The van der Waals surface area contributed by atoms with Gasteiger partial charge < -0.3 is 10.6 Å². The number of carbonyl (C=O) groups excluding carboxylic acids is 1. The van der Waals surface area contributed by atoms with E-state index < -0.39 is 0 Å². The lowest BCUT2D eigenvalue weighted by atomic mass is 9.85. The quantitative estimate of drug-likeness (QED) is 0.780. The maximum absolute atomic E-state index is 12.1. The van der Waals surface area contributed by atoms with E-state index in [4.69, 9.17) is 18.0 Å². The van der Waals surface area contributed by atoms with Crippen LogP contribution in [0.15, 0.2) is 0 Å². The Balaban J connectivity index is 2.37. The van der Waals surface area contributed by atoms with Gasteiger partial charge in [-0.1, -0.05) is 26.1 Å². The zero-order valence-corrected chi connectivity index (χ0v) is 13.3. The number of likely N-dealkylation sites (N-methyl/N-ethyl adjacent to an activating group) is 1. The van der Waals surface area contributed by atoms with Crippen LogP contribution in [-0.2, 0) is 4.79 Å². The van der Waals surface area contributed by atoms with Gasteiger partial charge in [0.05, 0.1) is 11.5 Å². The second-order valence-corrected chi connectivity index (χ2v) is 6.85. The van der Waals surface area contributed by atoms with Gasteiger partial charge in [-0.05, 0) is 37.8 Å². The predicted molar refractivity (Wildman–Crippen MR) is 83.1 cm³/mol. The van der Waals surface area contributed by atoms with Crippen molar-refractivity contribution in [2.45, 2.75) is 39.5 Å². The first kappa shape index (κ1) is 16.4. The van der Waals surface area contributed by atoms with Crippen LogP contribution in [0.3, 0.4) is 0 Å². The van der Waals surface area contributed by atoms with Crippen molar-refractivity contribution < 1.29 is 4.79 Å². The largest absolute Gasteiger partial charge is 0.393 e. The molecule has 0 atom stereocenters. The number of nitrogens with zero attached hydrogens (tertiary/aromatic N) is 2. The lowest BCUT2D eigenvalue weighted by Crippen LogP contribution is -2.40. The first-order valence-corrected chi connectivity index (χ1v) is 7.46. The molecule has 0 aromatic heterocycles. The molecule has 0 saturated carbocycles. The number of hydrogen-bond acceptors (Lipinski definition) is 3. The molecule has 1 aliphatic rings. The highest BCUT2D eigenvalue weighted by molar-refractivity contribution is 7.80. The lowest BCUT2D eigenvalue weighted by Gasteiger charge is -2.25. The fraction of sp³-hybridized carbons (Fsp3) is 0.857. The number of amides is 1. The van der Waals surface area contributed by atoms with Gasteiger partial charge in [-0.15, -0.1) is 0 Å². The zero-order valence-electron chi connectivity index (χ0n) is 12.4. The van der Waals surface area contributed by atoms with Gasteiger partial charge in [-0.3, -0.25) is 9.69 Å². The molecule has 0 aliphatic carbocycles. The summed E-state index contributed by atoms with van der Waals surface area (Å²) in [5.74, 6) is 0.163. The molecular weight excluding hydrogens is 258 g/mol. The Morgan fingerprint density at radius 1 is 1.37 bits per heavy atom. The third-order valence-electron chi connectivity index (χ3n) is 3.91. The van der Waals surface area contributed by atoms with E-state index in [0.29, 0.717) is 29.9 Å². The molecule has 1 amide bonds. The smallest absolute Gasteiger partial charge is 0.236 e. The van der Waals surface area contributed by atoms with Gasteiger partial charge in [-0.2, -0.15) is 0 Å². The van der Waals surface area contributed by atoms with Crippen molar-refractivity contribution in [3.8, 4) is 0 Å². The van der Waals surface area contributed by atoms with E-state index in [2.05, 4.69) is 18.7 Å². The maximum atomic E-state index is 12.1. The Labute approximate surface area is 122 Å². The summed E-state index contributed by atoms with van der Waals surface area (Å²) >= 11 is 4.83. The van der Waals surface area contributed by atoms with E-state index in [1.807, 2.05) is 7.05 Å². The number of nitrogens with two attached hydrogens (primary N) is 1.